The van der Waals surface area contributed by atoms with Crippen LogP contribution in [0.1, 0.15) is 0 Å². The molecule has 0 saturated heterocycles. The number of nitrogens with one attached hydrogen (secondary N) is 1. The highest BCUT2D eigenvalue weighted by molar-refractivity contribution is 6.31. The maximum Gasteiger partial charge on any atom is 0.346 e. The van der Waals surface area contributed by atoms with E-state index in [0.717, 1.165) is 5.39 Å². The lowest BCUT2D eigenvalue weighted by Gasteiger charge is -2.02. The summed E-state index contributed by atoms with van der Waals surface area (Å²) in [6.45, 7) is 0. The molecule has 0 bridgehead atoms. The summed E-state index contributed by atoms with van der Waals surface area (Å²) < 4.78 is 5.26. The third-order valence-electron chi connectivity index (χ3n) is 2.45. The first-order valence-electron chi connectivity index (χ1n) is 4.97. The second-order valence-electron chi connectivity index (χ2n) is 3.56. The lowest BCUT2D eigenvalue weighted by molar-refractivity contribution is 0.580. The highest BCUT2D eigenvalue weighted by atomic mass is 35.5. The van der Waals surface area contributed by atoms with Crippen LogP contribution in [0, 0.1) is 0 Å². The molecular weight excluding hydrogens is 240 g/mol. The molecule has 1 aromatic carbocycles. The number of benzene rings is 1. The van der Waals surface area contributed by atoms with E-state index in [9.17, 15) is 4.79 Å². The molecule has 0 amide bonds. The predicted octanol–water partition coefficient (Wildman–Crippen LogP) is 2.84. The number of fused-ring (bicyclic) bond motifs is 1. The molecule has 5 heteroatoms. The van der Waals surface area contributed by atoms with Gasteiger partial charge in [0.1, 0.15) is 5.69 Å². The maximum absolute atomic E-state index is 11.4. The quantitative estimate of drug-likeness (QED) is 0.718. The fourth-order valence-corrected chi connectivity index (χ4v) is 1.90. The average molecular weight is 247 g/mol. The van der Waals surface area contributed by atoms with E-state index in [2.05, 4.69) is 9.97 Å². The van der Waals surface area contributed by atoms with Gasteiger partial charge in [0.15, 0.2) is 5.76 Å². The van der Waals surface area contributed by atoms with Gasteiger partial charge in [-0.2, -0.15) is 4.98 Å². The molecule has 0 saturated carbocycles. The van der Waals surface area contributed by atoms with Gasteiger partial charge in [0.2, 0.25) is 0 Å². The van der Waals surface area contributed by atoms with Gasteiger partial charge in [0.05, 0.1) is 11.8 Å². The zero-order chi connectivity index (χ0) is 11.8. The summed E-state index contributed by atoms with van der Waals surface area (Å²) in [6.07, 6.45) is 1.54. The van der Waals surface area contributed by atoms with E-state index < -0.39 is 5.69 Å². The van der Waals surface area contributed by atoms with Gasteiger partial charge in [0, 0.05) is 10.4 Å². The maximum atomic E-state index is 11.4. The number of hydrogen-bond donors (Lipinski definition) is 1. The molecule has 2 heterocycles. The van der Waals surface area contributed by atoms with Crippen molar-refractivity contribution in [2.75, 3.05) is 0 Å². The van der Waals surface area contributed by atoms with Crippen LogP contribution in [-0.4, -0.2) is 9.97 Å². The molecule has 4 nitrogen and oxygen atoms in total. The van der Waals surface area contributed by atoms with Gasteiger partial charge >= 0.3 is 5.69 Å². The van der Waals surface area contributed by atoms with Crippen LogP contribution in [0.2, 0.25) is 5.02 Å². The van der Waals surface area contributed by atoms with Crippen molar-refractivity contribution < 1.29 is 4.42 Å². The molecule has 17 heavy (non-hydrogen) atoms. The molecule has 0 radical (unpaired) electrons. The van der Waals surface area contributed by atoms with Gasteiger partial charge in [-0.3, -0.25) is 0 Å². The van der Waals surface area contributed by atoms with E-state index >= 15 is 0 Å². The van der Waals surface area contributed by atoms with Gasteiger partial charge in [-0.25, -0.2) is 4.79 Å². The number of H-pyrrole nitrogens is 1. The van der Waals surface area contributed by atoms with Gasteiger partial charge in [0.25, 0.3) is 0 Å². The standard InChI is InChI=1S/C12H7ClN2O2/c13-7-3-4-9-8(6-7)11(15-12(16)14-9)10-2-1-5-17-10/h1-6H,(H,14,15,16). The van der Waals surface area contributed by atoms with Crippen LogP contribution in [0.3, 0.4) is 0 Å². The van der Waals surface area contributed by atoms with Crippen molar-refractivity contribution in [3.05, 3.63) is 52.1 Å². The Balaban J connectivity index is 2.44. The molecular formula is C12H7ClN2O2. The van der Waals surface area contributed by atoms with Crippen LogP contribution >= 0.6 is 11.6 Å². The van der Waals surface area contributed by atoms with Crippen LogP contribution in [0.15, 0.2) is 45.8 Å². The monoisotopic (exact) mass is 246 g/mol. The first-order chi connectivity index (χ1) is 8.24. The van der Waals surface area contributed by atoms with Crippen LogP contribution in [0.4, 0.5) is 0 Å². The average Bonchev–Trinajstić information content (AvgIpc) is 2.82. The molecule has 1 N–H and O–H groups in total. The molecule has 2 aromatic heterocycles. The highest BCUT2D eigenvalue weighted by Crippen LogP contribution is 2.26. The molecule has 3 aromatic rings. The molecule has 0 aliphatic rings. The summed E-state index contributed by atoms with van der Waals surface area (Å²) in [5.41, 5.74) is 0.767. The second kappa shape index (κ2) is 3.75. The molecule has 0 fully saturated rings. The Morgan fingerprint density at radius 3 is 2.94 bits per heavy atom. The zero-order valence-corrected chi connectivity index (χ0v) is 9.36. The SMILES string of the molecule is O=c1nc(-c2ccco2)c2cc(Cl)ccc2[nH]1. The largest absolute Gasteiger partial charge is 0.463 e. The third kappa shape index (κ3) is 1.72. The topological polar surface area (TPSA) is 58.9 Å². The number of furan rings is 1. The van der Waals surface area contributed by atoms with E-state index in [1.54, 1.807) is 30.3 Å². The van der Waals surface area contributed by atoms with Crippen molar-refractivity contribution in [1.29, 1.82) is 0 Å². The summed E-state index contributed by atoms with van der Waals surface area (Å²) in [7, 11) is 0. The van der Waals surface area contributed by atoms with E-state index in [-0.39, 0.29) is 0 Å². The van der Waals surface area contributed by atoms with Gasteiger partial charge in [-0.15, -0.1) is 0 Å². The number of nitrogens with zero attached hydrogens (tertiary/aromatic N) is 1. The molecule has 0 unspecified atom stereocenters. The van der Waals surface area contributed by atoms with Crippen molar-refractivity contribution in [1.82, 2.24) is 9.97 Å². The minimum Gasteiger partial charge on any atom is -0.463 e. The lowest BCUT2D eigenvalue weighted by Crippen LogP contribution is -2.11. The van der Waals surface area contributed by atoms with E-state index in [1.807, 2.05) is 0 Å². The first-order valence-corrected chi connectivity index (χ1v) is 5.35. The highest BCUT2D eigenvalue weighted by Gasteiger charge is 2.10. The van der Waals surface area contributed by atoms with Crippen molar-refractivity contribution in [2.24, 2.45) is 0 Å². The fraction of sp³-hybridized carbons (Fsp3) is 0. The number of rotatable bonds is 1. The third-order valence-corrected chi connectivity index (χ3v) is 2.68. The number of aromatic nitrogens is 2. The first kappa shape index (κ1) is 10.1. The number of hydrogen-bond acceptors (Lipinski definition) is 3. The Hall–Kier alpha value is -2.07. The number of aromatic amines is 1. The van der Waals surface area contributed by atoms with Gasteiger partial charge in [-0.05, 0) is 30.3 Å². The van der Waals surface area contributed by atoms with Crippen LogP contribution < -0.4 is 5.69 Å². The Labute approximate surface area is 101 Å². The number of halogens is 1. The smallest absolute Gasteiger partial charge is 0.346 e. The molecule has 84 valence electrons. The van der Waals surface area contributed by atoms with Crippen LogP contribution in [-0.2, 0) is 0 Å². The predicted molar refractivity (Wildman–Crippen MR) is 65.1 cm³/mol. The lowest BCUT2D eigenvalue weighted by atomic mass is 10.1. The van der Waals surface area contributed by atoms with Crippen molar-refractivity contribution >= 4 is 22.5 Å². The van der Waals surface area contributed by atoms with Crippen molar-refractivity contribution in [3.8, 4) is 11.5 Å². The van der Waals surface area contributed by atoms with Crippen LogP contribution in [0.5, 0.6) is 0 Å². The summed E-state index contributed by atoms with van der Waals surface area (Å²) in [6, 6.07) is 8.70. The molecule has 0 atom stereocenters. The van der Waals surface area contributed by atoms with E-state index in [0.29, 0.717) is 22.0 Å². The Morgan fingerprint density at radius 1 is 1.29 bits per heavy atom. The summed E-state index contributed by atoms with van der Waals surface area (Å²) >= 11 is 5.94. The second-order valence-corrected chi connectivity index (χ2v) is 3.99. The van der Waals surface area contributed by atoms with E-state index in [4.69, 9.17) is 16.0 Å². The summed E-state index contributed by atoms with van der Waals surface area (Å²) in [4.78, 5) is 18.0. The summed E-state index contributed by atoms with van der Waals surface area (Å²) in [5, 5.41) is 1.34. The van der Waals surface area contributed by atoms with Crippen LogP contribution in [0.25, 0.3) is 22.4 Å². The Kier molecular flexibility index (Phi) is 2.23. The van der Waals surface area contributed by atoms with Gasteiger partial charge < -0.3 is 9.40 Å². The van der Waals surface area contributed by atoms with Crippen molar-refractivity contribution in [3.63, 3.8) is 0 Å². The van der Waals surface area contributed by atoms with E-state index in [1.165, 1.54) is 6.26 Å². The molecule has 0 spiro atoms. The van der Waals surface area contributed by atoms with Gasteiger partial charge in [-0.1, -0.05) is 11.6 Å². The normalized spacial score (nSPS) is 10.9. The minimum absolute atomic E-state index is 0.411. The fourth-order valence-electron chi connectivity index (χ4n) is 1.73. The zero-order valence-electron chi connectivity index (χ0n) is 8.61. The minimum atomic E-state index is -0.411. The van der Waals surface area contributed by atoms with Crippen molar-refractivity contribution in [2.45, 2.75) is 0 Å². The summed E-state index contributed by atoms with van der Waals surface area (Å²) in [5.74, 6) is 0.545. The Bertz CT molecular complexity index is 732. The molecule has 0 aliphatic heterocycles. The Morgan fingerprint density at radius 2 is 2.18 bits per heavy atom. The molecule has 3 rings (SSSR count). The molecule has 0 aliphatic carbocycles.